The number of aryl methyl sites for hydroxylation is 2. The molecule has 0 aliphatic rings. The van der Waals surface area contributed by atoms with Gasteiger partial charge in [-0.05, 0) is 34.7 Å². The van der Waals surface area contributed by atoms with Gasteiger partial charge in [0.15, 0.2) is 6.54 Å². The first-order valence-electron chi connectivity index (χ1n) is 6.96. The Kier molecular flexibility index (Phi) is 5.14. The van der Waals surface area contributed by atoms with Gasteiger partial charge in [0, 0.05) is 19.8 Å². The van der Waals surface area contributed by atoms with Gasteiger partial charge in [0.1, 0.15) is 0 Å². The molecule has 1 amide bonds. The van der Waals surface area contributed by atoms with Crippen LogP contribution in [0.2, 0.25) is 0 Å². The van der Waals surface area contributed by atoms with Crippen LogP contribution in [0.3, 0.4) is 0 Å². The summed E-state index contributed by atoms with van der Waals surface area (Å²) in [6.45, 7) is 4.46. The molecule has 23 heavy (non-hydrogen) atoms. The molecule has 0 aromatic carbocycles. The molecule has 0 fully saturated rings. The Morgan fingerprint density at radius 3 is 2.74 bits per heavy atom. The van der Waals surface area contributed by atoms with Crippen LogP contribution in [0.15, 0.2) is 16.7 Å². The van der Waals surface area contributed by atoms with Crippen molar-refractivity contribution in [2.45, 2.75) is 33.5 Å². The topological polar surface area (TPSA) is 99.1 Å². The van der Waals surface area contributed by atoms with E-state index < -0.39 is 4.92 Å². The van der Waals surface area contributed by atoms with Crippen molar-refractivity contribution in [1.29, 1.82) is 0 Å². The summed E-state index contributed by atoms with van der Waals surface area (Å²) in [6, 6.07) is 1.34. The third kappa shape index (κ3) is 3.95. The van der Waals surface area contributed by atoms with Crippen molar-refractivity contribution < 1.29 is 9.72 Å². The highest BCUT2D eigenvalue weighted by molar-refractivity contribution is 9.10. The molecule has 0 aliphatic carbocycles. The highest BCUT2D eigenvalue weighted by Gasteiger charge is 2.22. The summed E-state index contributed by atoms with van der Waals surface area (Å²) in [5, 5.41) is 19.3. The van der Waals surface area contributed by atoms with Crippen LogP contribution in [0.1, 0.15) is 18.3 Å². The van der Waals surface area contributed by atoms with Gasteiger partial charge in [-0.2, -0.15) is 5.10 Å². The zero-order valence-electron chi connectivity index (χ0n) is 13.1. The molecule has 2 aromatic heterocycles. The summed E-state index contributed by atoms with van der Waals surface area (Å²) < 4.78 is 3.69. The number of likely N-dealkylation sites (N-methyl/N-ethyl adjacent to an activating group) is 1. The molecule has 0 radical (unpaired) electrons. The van der Waals surface area contributed by atoms with E-state index in [9.17, 15) is 14.9 Å². The molecule has 2 aromatic rings. The summed E-state index contributed by atoms with van der Waals surface area (Å²) in [6.07, 6.45) is 1.84. The maximum absolute atomic E-state index is 12.3. The number of halogens is 1. The number of rotatable bonds is 6. The Balaban J connectivity index is 2.08. The van der Waals surface area contributed by atoms with Gasteiger partial charge in [-0.15, -0.1) is 4.68 Å². The lowest BCUT2D eigenvalue weighted by Crippen LogP contribution is -2.30. The molecule has 0 saturated heterocycles. The number of hydrogen-bond donors (Lipinski definition) is 0. The van der Waals surface area contributed by atoms with Gasteiger partial charge in [-0.1, -0.05) is 5.10 Å². The molecule has 10 heteroatoms. The number of aromatic nitrogens is 4. The van der Waals surface area contributed by atoms with E-state index in [0.29, 0.717) is 12.2 Å². The number of carbonyl (C=O) groups is 1. The van der Waals surface area contributed by atoms with Crippen LogP contribution in [0.5, 0.6) is 0 Å². The van der Waals surface area contributed by atoms with Gasteiger partial charge in [0.25, 0.3) is 5.91 Å². The standard InChI is InChI=1S/C13H17BrN6O3/c1-4-18-6-10(14)11(16-18)7-17(3)13(21)8-19-12(20(22)23)5-9(2)15-19/h5-6H,4,7-8H2,1-3H3. The predicted octanol–water partition coefficient (Wildman–Crippen LogP) is 1.74. The average Bonchev–Trinajstić information content (AvgIpc) is 3.02. The Morgan fingerprint density at radius 2 is 2.17 bits per heavy atom. The van der Waals surface area contributed by atoms with Crippen LogP contribution < -0.4 is 0 Å². The summed E-state index contributed by atoms with van der Waals surface area (Å²) in [4.78, 5) is 24.2. The molecule has 0 N–H and O–H groups in total. The smallest absolute Gasteiger partial charge is 0.345 e. The predicted molar refractivity (Wildman–Crippen MR) is 85.7 cm³/mol. The van der Waals surface area contributed by atoms with Crippen molar-refractivity contribution in [2.75, 3.05) is 7.05 Å². The molecule has 0 saturated carbocycles. The van der Waals surface area contributed by atoms with Gasteiger partial charge in [-0.3, -0.25) is 9.48 Å². The van der Waals surface area contributed by atoms with E-state index in [1.807, 2.05) is 13.1 Å². The van der Waals surface area contributed by atoms with Gasteiger partial charge >= 0.3 is 5.82 Å². The van der Waals surface area contributed by atoms with Crippen LogP contribution in [0.4, 0.5) is 5.82 Å². The molecule has 0 bridgehead atoms. The maximum atomic E-state index is 12.3. The molecule has 9 nitrogen and oxygen atoms in total. The van der Waals surface area contributed by atoms with Crippen LogP contribution in [-0.2, 0) is 24.4 Å². The number of hydrogen-bond acceptors (Lipinski definition) is 5. The Morgan fingerprint density at radius 1 is 1.48 bits per heavy atom. The number of carbonyl (C=O) groups excluding carboxylic acids is 1. The highest BCUT2D eigenvalue weighted by Crippen LogP contribution is 2.17. The largest absolute Gasteiger partial charge is 0.358 e. The third-order valence-electron chi connectivity index (χ3n) is 3.28. The van der Waals surface area contributed by atoms with Crippen LogP contribution in [-0.4, -0.2) is 42.3 Å². The molecule has 0 unspecified atom stereocenters. The van der Waals surface area contributed by atoms with Crippen molar-refractivity contribution in [2.24, 2.45) is 0 Å². The summed E-state index contributed by atoms with van der Waals surface area (Å²) in [5.74, 6) is -0.477. The fourth-order valence-electron chi connectivity index (χ4n) is 2.06. The summed E-state index contributed by atoms with van der Waals surface area (Å²) >= 11 is 3.41. The van der Waals surface area contributed by atoms with E-state index in [-0.39, 0.29) is 18.3 Å². The van der Waals surface area contributed by atoms with Gasteiger partial charge in [-0.25, -0.2) is 0 Å². The third-order valence-corrected chi connectivity index (χ3v) is 3.94. The molecule has 2 rings (SSSR count). The zero-order valence-corrected chi connectivity index (χ0v) is 14.6. The SMILES string of the molecule is CCn1cc(Br)c(CN(C)C(=O)Cn2nc(C)cc2[N+](=O)[O-])n1. The Hall–Kier alpha value is -2.23. The lowest BCUT2D eigenvalue weighted by molar-refractivity contribution is -0.392. The second kappa shape index (κ2) is 6.90. The molecule has 0 aliphatic heterocycles. The van der Waals surface area contributed by atoms with E-state index in [1.54, 1.807) is 18.7 Å². The molecule has 0 atom stereocenters. The van der Waals surface area contributed by atoms with E-state index in [1.165, 1.54) is 11.0 Å². The quantitative estimate of drug-likeness (QED) is 0.557. The average molecular weight is 385 g/mol. The van der Waals surface area contributed by atoms with Crippen molar-refractivity contribution in [1.82, 2.24) is 24.5 Å². The zero-order chi connectivity index (χ0) is 17.1. The molecular weight excluding hydrogens is 368 g/mol. The van der Waals surface area contributed by atoms with E-state index >= 15 is 0 Å². The fourth-order valence-corrected chi connectivity index (χ4v) is 2.50. The second-order valence-corrected chi connectivity index (χ2v) is 5.94. The van der Waals surface area contributed by atoms with Gasteiger partial charge in [0.05, 0.1) is 28.5 Å². The monoisotopic (exact) mass is 384 g/mol. The lowest BCUT2D eigenvalue weighted by Gasteiger charge is -2.14. The second-order valence-electron chi connectivity index (χ2n) is 5.09. The lowest BCUT2D eigenvalue weighted by atomic mass is 10.4. The number of nitrogens with zero attached hydrogens (tertiary/aromatic N) is 6. The van der Waals surface area contributed by atoms with Gasteiger partial charge in [0.2, 0.25) is 0 Å². The first kappa shape index (κ1) is 17.1. The van der Waals surface area contributed by atoms with E-state index in [0.717, 1.165) is 21.4 Å². The Labute approximate surface area is 141 Å². The molecule has 0 spiro atoms. The minimum Gasteiger partial charge on any atom is -0.358 e. The molecule has 124 valence electrons. The normalized spacial score (nSPS) is 10.8. The summed E-state index contributed by atoms with van der Waals surface area (Å²) in [7, 11) is 1.63. The fraction of sp³-hybridized carbons (Fsp3) is 0.462. The van der Waals surface area contributed by atoms with Crippen molar-refractivity contribution >= 4 is 27.7 Å². The minimum absolute atomic E-state index is 0.188. The first-order valence-corrected chi connectivity index (χ1v) is 7.75. The molecular formula is C13H17BrN6O3. The van der Waals surface area contributed by atoms with Crippen LogP contribution in [0.25, 0.3) is 0 Å². The van der Waals surface area contributed by atoms with Gasteiger partial charge < -0.3 is 15.0 Å². The number of nitro groups is 1. The van der Waals surface area contributed by atoms with E-state index in [4.69, 9.17) is 0 Å². The van der Waals surface area contributed by atoms with Crippen LogP contribution >= 0.6 is 15.9 Å². The van der Waals surface area contributed by atoms with Crippen molar-refractivity contribution in [3.8, 4) is 0 Å². The molecule has 2 heterocycles. The summed E-state index contributed by atoms with van der Waals surface area (Å²) in [5.41, 5.74) is 1.23. The Bertz CT molecular complexity index is 738. The highest BCUT2D eigenvalue weighted by atomic mass is 79.9. The van der Waals surface area contributed by atoms with E-state index in [2.05, 4.69) is 26.1 Å². The van der Waals surface area contributed by atoms with Crippen LogP contribution in [0, 0.1) is 17.0 Å². The minimum atomic E-state index is -0.549. The van der Waals surface area contributed by atoms with Crippen molar-refractivity contribution in [3.63, 3.8) is 0 Å². The number of amides is 1. The van der Waals surface area contributed by atoms with Crippen molar-refractivity contribution in [3.05, 3.63) is 38.2 Å². The first-order chi connectivity index (χ1) is 10.8. The maximum Gasteiger partial charge on any atom is 0.345 e.